The van der Waals surface area contributed by atoms with Crippen LogP contribution in [-0.4, -0.2) is 18.1 Å². The standard InChI is InChI=1S/C17H20N2O2S/c1-17(2)8-12(20)14-13(9-17)22-16(18)19-15(14)10-4-6-11(21-3)7-5-10/h4-7,15H,8-9H2,1-3H3,(H2,18,19)/t15-/m1/s1. The maximum atomic E-state index is 12.7. The third-order valence-corrected chi connectivity index (χ3v) is 4.99. The van der Waals surface area contributed by atoms with Crippen molar-refractivity contribution in [1.82, 2.24) is 0 Å². The van der Waals surface area contributed by atoms with E-state index >= 15 is 0 Å². The number of methoxy groups -OCH3 is 1. The maximum Gasteiger partial charge on any atom is 0.162 e. The van der Waals surface area contributed by atoms with Gasteiger partial charge in [0.25, 0.3) is 0 Å². The maximum absolute atomic E-state index is 12.7. The second kappa shape index (κ2) is 5.47. The highest BCUT2D eigenvalue weighted by atomic mass is 32.2. The lowest BCUT2D eigenvalue weighted by Crippen LogP contribution is -2.30. The van der Waals surface area contributed by atoms with Crippen molar-refractivity contribution >= 4 is 22.7 Å². The van der Waals surface area contributed by atoms with Gasteiger partial charge in [0, 0.05) is 16.9 Å². The van der Waals surface area contributed by atoms with E-state index in [2.05, 4.69) is 18.8 Å². The summed E-state index contributed by atoms with van der Waals surface area (Å²) in [5.41, 5.74) is 7.79. The van der Waals surface area contributed by atoms with E-state index < -0.39 is 0 Å². The van der Waals surface area contributed by atoms with E-state index in [0.29, 0.717) is 11.6 Å². The third-order valence-electron chi connectivity index (χ3n) is 4.07. The van der Waals surface area contributed by atoms with Gasteiger partial charge in [-0.1, -0.05) is 37.7 Å². The van der Waals surface area contributed by atoms with Crippen LogP contribution in [0.3, 0.4) is 0 Å². The van der Waals surface area contributed by atoms with Crippen molar-refractivity contribution in [3.05, 3.63) is 40.3 Å². The monoisotopic (exact) mass is 316 g/mol. The number of hydrogen-bond donors (Lipinski definition) is 1. The average Bonchev–Trinajstić information content (AvgIpc) is 2.44. The molecule has 1 aromatic carbocycles. The van der Waals surface area contributed by atoms with Gasteiger partial charge >= 0.3 is 0 Å². The molecule has 1 aliphatic carbocycles. The van der Waals surface area contributed by atoms with Gasteiger partial charge in [-0.15, -0.1) is 0 Å². The fourth-order valence-corrected chi connectivity index (χ4v) is 4.25. The van der Waals surface area contributed by atoms with E-state index in [9.17, 15) is 4.79 Å². The Morgan fingerprint density at radius 1 is 1.27 bits per heavy atom. The third kappa shape index (κ3) is 2.77. The summed E-state index contributed by atoms with van der Waals surface area (Å²) in [5, 5.41) is 0.532. The topological polar surface area (TPSA) is 64.7 Å². The summed E-state index contributed by atoms with van der Waals surface area (Å²) >= 11 is 1.44. The van der Waals surface area contributed by atoms with Gasteiger partial charge in [-0.05, 0) is 29.5 Å². The Morgan fingerprint density at radius 3 is 2.59 bits per heavy atom. The van der Waals surface area contributed by atoms with Crippen molar-refractivity contribution in [3.63, 3.8) is 0 Å². The van der Waals surface area contributed by atoms with Crippen LogP contribution >= 0.6 is 11.8 Å². The summed E-state index contributed by atoms with van der Waals surface area (Å²) in [7, 11) is 1.63. The smallest absolute Gasteiger partial charge is 0.162 e. The van der Waals surface area contributed by atoms with Crippen LogP contribution in [0.25, 0.3) is 0 Å². The Balaban J connectivity index is 2.03. The molecule has 1 atom stereocenters. The van der Waals surface area contributed by atoms with Crippen LogP contribution < -0.4 is 10.5 Å². The van der Waals surface area contributed by atoms with Crippen LogP contribution in [0.5, 0.6) is 5.75 Å². The van der Waals surface area contributed by atoms with Crippen LogP contribution in [0, 0.1) is 5.41 Å². The van der Waals surface area contributed by atoms with E-state index in [0.717, 1.165) is 28.2 Å². The van der Waals surface area contributed by atoms with Crippen LogP contribution in [0.15, 0.2) is 39.7 Å². The highest BCUT2D eigenvalue weighted by Gasteiger charge is 2.39. The number of carbonyl (C=O) groups is 1. The molecule has 0 saturated carbocycles. The molecule has 22 heavy (non-hydrogen) atoms. The van der Waals surface area contributed by atoms with Crippen molar-refractivity contribution in [3.8, 4) is 5.75 Å². The molecule has 2 aliphatic rings. The van der Waals surface area contributed by atoms with E-state index in [4.69, 9.17) is 10.5 Å². The minimum atomic E-state index is -0.286. The predicted octanol–water partition coefficient (Wildman–Crippen LogP) is 3.44. The Hall–Kier alpha value is -1.75. The summed E-state index contributed by atoms with van der Waals surface area (Å²) in [6.07, 6.45) is 1.44. The Morgan fingerprint density at radius 2 is 1.95 bits per heavy atom. The number of Topliss-reactive ketones (excluding diaryl/α,β-unsaturated/α-hetero) is 1. The number of nitrogens with zero attached hydrogens (tertiary/aromatic N) is 1. The van der Waals surface area contributed by atoms with E-state index in [1.165, 1.54) is 11.8 Å². The van der Waals surface area contributed by atoms with Gasteiger partial charge < -0.3 is 10.5 Å². The number of nitrogens with two attached hydrogens (primary N) is 1. The van der Waals surface area contributed by atoms with Crippen molar-refractivity contribution in [2.75, 3.05) is 7.11 Å². The molecule has 0 saturated heterocycles. The molecular formula is C17H20N2O2S. The normalized spacial score (nSPS) is 23.9. The quantitative estimate of drug-likeness (QED) is 0.907. The minimum absolute atomic E-state index is 0.00893. The molecule has 0 spiro atoms. The lowest BCUT2D eigenvalue weighted by molar-refractivity contribution is -0.118. The zero-order chi connectivity index (χ0) is 15.9. The summed E-state index contributed by atoms with van der Waals surface area (Å²) in [6.45, 7) is 4.25. The average molecular weight is 316 g/mol. The molecule has 4 nitrogen and oxygen atoms in total. The lowest BCUT2D eigenvalue weighted by atomic mass is 9.75. The largest absolute Gasteiger partial charge is 0.497 e. The number of allylic oxidation sites excluding steroid dienone is 1. The molecule has 1 heterocycles. The van der Waals surface area contributed by atoms with Crippen LogP contribution in [0.4, 0.5) is 0 Å². The van der Waals surface area contributed by atoms with E-state index in [1.807, 2.05) is 24.3 Å². The minimum Gasteiger partial charge on any atom is -0.497 e. The Labute approximate surface area is 134 Å². The predicted molar refractivity (Wildman–Crippen MR) is 90.0 cm³/mol. The van der Waals surface area contributed by atoms with Crippen LogP contribution in [0.2, 0.25) is 0 Å². The first kappa shape index (κ1) is 15.2. The zero-order valence-electron chi connectivity index (χ0n) is 13.1. The molecule has 5 heteroatoms. The van der Waals surface area contributed by atoms with Crippen molar-refractivity contribution in [1.29, 1.82) is 0 Å². The summed E-state index contributed by atoms with van der Waals surface area (Å²) in [4.78, 5) is 18.3. The van der Waals surface area contributed by atoms with E-state index in [1.54, 1.807) is 7.11 Å². The van der Waals surface area contributed by atoms with Gasteiger partial charge in [-0.3, -0.25) is 4.79 Å². The second-order valence-electron chi connectivity index (χ2n) is 6.52. The number of ketones is 1. The summed E-state index contributed by atoms with van der Waals surface area (Å²) in [6, 6.07) is 7.40. The molecule has 0 fully saturated rings. The molecule has 0 unspecified atom stereocenters. The number of benzene rings is 1. The highest BCUT2D eigenvalue weighted by molar-refractivity contribution is 8.17. The van der Waals surface area contributed by atoms with Crippen molar-refractivity contribution < 1.29 is 9.53 Å². The molecule has 0 bridgehead atoms. The molecule has 0 radical (unpaired) electrons. The number of thioether (sulfide) groups is 1. The van der Waals surface area contributed by atoms with Gasteiger partial charge in [-0.2, -0.15) is 0 Å². The van der Waals surface area contributed by atoms with E-state index in [-0.39, 0.29) is 17.2 Å². The fourth-order valence-electron chi connectivity index (χ4n) is 3.05. The summed E-state index contributed by atoms with van der Waals surface area (Å²) < 4.78 is 5.19. The molecule has 0 amide bonds. The van der Waals surface area contributed by atoms with Crippen LogP contribution in [-0.2, 0) is 4.79 Å². The van der Waals surface area contributed by atoms with Gasteiger partial charge in [0.1, 0.15) is 11.8 Å². The number of carbonyl (C=O) groups excluding carboxylic acids is 1. The van der Waals surface area contributed by atoms with Gasteiger partial charge in [0.05, 0.1) is 7.11 Å². The lowest BCUT2D eigenvalue weighted by Gasteiger charge is -2.35. The first-order valence-corrected chi connectivity index (χ1v) is 8.12. The Bertz CT molecular complexity index is 674. The molecule has 1 aromatic rings. The molecule has 1 aliphatic heterocycles. The number of amidine groups is 1. The fraction of sp³-hybridized carbons (Fsp3) is 0.412. The highest BCUT2D eigenvalue weighted by Crippen LogP contribution is 2.48. The van der Waals surface area contributed by atoms with Gasteiger partial charge in [0.15, 0.2) is 11.0 Å². The Kier molecular flexibility index (Phi) is 3.77. The molecule has 116 valence electrons. The SMILES string of the molecule is COc1ccc([C@H]2N=C(N)SC3=C2C(=O)CC(C)(C)C3)cc1. The molecule has 3 rings (SSSR count). The zero-order valence-corrected chi connectivity index (χ0v) is 13.9. The van der Waals surface area contributed by atoms with Gasteiger partial charge in [-0.25, -0.2) is 4.99 Å². The van der Waals surface area contributed by atoms with Gasteiger partial charge in [0.2, 0.25) is 0 Å². The molecular weight excluding hydrogens is 296 g/mol. The molecule has 0 aromatic heterocycles. The number of aliphatic imine (C=N–C) groups is 1. The van der Waals surface area contributed by atoms with Crippen molar-refractivity contribution in [2.24, 2.45) is 16.1 Å². The summed E-state index contributed by atoms with van der Waals surface area (Å²) in [5.74, 6) is 0.979. The molecule has 2 N–H and O–H groups in total. The number of ether oxygens (including phenoxy) is 1. The van der Waals surface area contributed by atoms with Crippen LogP contribution in [0.1, 0.15) is 38.3 Å². The second-order valence-corrected chi connectivity index (χ2v) is 7.64. The number of rotatable bonds is 2. The number of hydrogen-bond acceptors (Lipinski definition) is 5. The first-order chi connectivity index (χ1) is 10.4. The first-order valence-electron chi connectivity index (χ1n) is 7.31. The van der Waals surface area contributed by atoms with Crippen molar-refractivity contribution in [2.45, 2.75) is 32.7 Å².